The van der Waals surface area contributed by atoms with Crippen molar-refractivity contribution in [2.24, 2.45) is 5.92 Å². The summed E-state index contributed by atoms with van der Waals surface area (Å²) < 4.78 is 10.5. The van der Waals surface area contributed by atoms with Crippen molar-refractivity contribution in [3.8, 4) is 0 Å². The van der Waals surface area contributed by atoms with Crippen molar-refractivity contribution < 1.29 is 19.4 Å². The Hall–Kier alpha value is -0.260. The maximum Gasteiger partial charge on any atom is 0.334 e. The lowest BCUT2D eigenvalue weighted by Gasteiger charge is -2.44. The zero-order valence-corrected chi connectivity index (χ0v) is 11.0. The molecule has 2 rings (SSSR count). The Morgan fingerprint density at radius 2 is 2.24 bits per heavy atom. The van der Waals surface area contributed by atoms with E-state index in [0.29, 0.717) is 6.61 Å². The van der Waals surface area contributed by atoms with Crippen LogP contribution in [0.1, 0.15) is 25.7 Å². The molecule has 0 aromatic heterocycles. The highest BCUT2D eigenvalue weighted by Crippen LogP contribution is 2.40. The van der Waals surface area contributed by atoms with Gasteiger partial charge in [-0.2, -0.15) is 11.8 Å². The van der Waals surface area contributed by atoms with Crippen molar-refractivity contribution in [2.75, 3.05) is 25.2 Å². The highest BCUT2D eigenvalue weighted by atomic mass is 32.2. The topological polar surface area (TPSA) is 55.8 Å². The molecule has 0 bridgehead atoms. The van der Waals surface area contributed by atoms with Gasteiger partial charge in [-0.15, -0.1) is 0 Å². The summed E-state index contributed by atoms with van der Waals surface area (Å²) in [6, 6.07) is 0. The molecule has 0 saturated carbocycles. The van der Waals surface area contributed by atoms with E-state index in [1.54, 1.807) is 0 Å². The smallest absolute Gasteiger partial charge is 0.334 e. The second-order valence-electron chi connectivity index (χ2n) is 4.86. The normalized spacial score (nSPS) is 29.9. The van der Waals surface area contributed by atoms with E-state index in [4.69, 9.17) is 4.74 Å². The Labute approximate surface area is 106 Å². The van der Waals surface area contributed by atoms with Gasteiger partial charge in [0.1, 0.15) is 0 Å². The van der Waals surface area contributed by atoms with Gasteiger partial charge in [-0.3, -0.25) is 0 Å². The van der Waals surface area contributed by atoms with Gasteiger partial charge in [0.05, 0.1) is 12.7 Å². The molecule has 1 N–H and O–H groups in total. The van der Waals surface area contributed by atoms with E-state index >= 15 is 0 Å². The Kier molecular flexibility index (Phi) is 4.33. The standard InChI is InChI=1S/C12H20O4S/c1-15-11(14)10(13)9-2-5-16-12(8-9)3-6-17-7-4-12/h9-10,13H,2-8H2,1H3. The molecule has 2 fully saturated rings. The maximum atomic E-state index is 11.4. The number of ether oxygens (including phenoxy) is 2. The monoisotopic (exact) mass is 260 g/mol. The summed E-state index contributed by atoms with van der Waals surface area (Å²) in [7, 11) is 1.32. The second kappa shape index (κ2) is 5.59. The van der Waals surface area contributed by atoms with Gasteiger partial charge < -0.3 is 14.6 Å². The molecule has 1 spiro atoms. The predicted molar refractivity (Wildman–Crippen MR) is 66.0 cm³/mol. The summed E-state index contributed by atoms with van der Waals surface area (Å²) in [5, 5.41) is 9.92. The third-order valence-electron chi connectivity index (χ3n) is 3.82. The molecule has 17 heavy (non-hydrogen) atoms. The Morgan fingerprint density at radius 3 is 2.88 bits per heavy atom. The lowest BCUT2D eigenvalue weighted by molar-refractivity contribution is -0.162. The zero-order valence-electron chi connectivity index (χ0n) is 10.2. The molecule has 0 aliphatic carbocycles. The fourth-order valence-corrected chi connectivity index (χ4v) is 3.98. The molecule has 2 saturated heterocycles. The van der Waals surface area contributed by atoms with Crippen LogP contribution in [0.3, 0.4) is 0 Å². The quantitative estimate of drug-likeness (QED) is 0.756. The summed E-state index contributed by atoms with van der Waals surface area (Å²) >= 11 is 1.95. The molecule has 2 aliphatic rings. The van der Waals surface area contributed by atoms with Crippen LogP contribution in [0.4, 0.5) is 0 Å². The summed E-state index contributed by atoms with van der Waals surface area (Å²) in [6.45, 7) is 0.642. The fourth-order valence-electron chi connectivity index (χ4n) is 2.74. The number of carbonyl (C=O) groups is 1. The minimum atomic E-state index is -0.990. The number of methoxy groups -OCH3 is 1. The Morgan fingerprint density at radius 1 is 1.53 bits per heavy atom. The molecular weight excluding hydrogens is 240 g/mol. The van der Waals surface area contributed by atoms with E-state index in [-0.39, 0.29) is 11.5 Å². The van der Waals surface area contributed by atoms with Crippen LogP contribution in [0.5, 0.6) is 0 Å². The van der Waals surface area contributed by atoms with Crippen LogP contribution >= 0.6 is 11.8 Å². The van der Waals surface area contributed by atoms with Crippen LogP contribution in [-0.4, -0.2) is 48.0 Å². The lowest BCUT2D eigenvalue weighted by Crippen LogP contribution is -2.47. The summed E-state index contributed by atoms with van der Waals surface area (Å²) in [4.78, 5) is 11.4. The van der Waals surface area contributed by atoms with Crippen molar-refractivity contribution in [2.45, 2.75) is 37.4 Å². The van der Waals surface area contributed by atoms with E-state index in [0.717, 1.165) is 37.2 Å². The number of carbonyl (C=O) groups excluding carboxylic acids is 1. The van der Waals surface area contributed by atoms with Crippen molar-refractivity contribution in [1.82, 2.24) is 0 Å². The second-order valence-corrected chi connectivity index (χ2v) is 6.09. The van der Waals surface area contributed by atoms with E-state index in [1.807, 2.05) is 11.8 Å². The highest BCUT2D eigenvalue weighted by Gasteiger charge is 2.42. The zero-order chi connectivity index (χ0) is 12.3. The van der Waals surface area contributed by atoms with Gasteiger partial charge in [0.25, 0.3) is 0 Å². The SMILES string of the molecule is COC(=O)C(O)C1CCOC2(CCSCC2)C1. The van der Waals surface area contributed by atoms with Gasteiger partial charge >= 0.3 is 5.97 Å². The molecule has 2 heterocycles. The van der Waals surface area contributed by atoms with E-state index < -0.39 is 12.1 Å². The molecule has 2 unspecified atom stereocenters. The minimum Gasteiger partial charge on any atom is -0.467 e. The average molecular weight is 260 g/mol. The van der Waals surface area contributed by atoms with E-state index in [2.05, 4.69) is 4.74 Å². The van der Waals surface area contributed by atoms with Gasteiger partial charge in [0.2, 0.25) is 0 Å². The Bertz CT molecular complexity index is 270. The van der Waals surface area contributed by atoms with Crippen molar-refractivity contribution >= 4 is 17.7 Å². The third-order valence-corrected chi connectivity index (χ3v) is 4.81. The third kappa shape index (κ3) is 2.95. The summed E-state index contributed by atoms with van der Waals surface area (Å²) in [5.41, 5.74) is -0.0941. The first-order chi connectivity index (χ1) is 8.17. The Balaban J connectivity index is 1.98. The number of esters is 1. The molecule has 4 nitrogen and oxygen atoms in total. The van der Waals surface area contributed by atoms with Crippen LogP contribution in [0.15, 0.2) is 0 Å². The number of hydrogen-bond donors (Lipinski definition) is 1. The number of thioether (sulfide) groups is 1. The first kappa shape index (κ1) is 13.2. The average Bonchev–Trinajstić information content (AvgIpc) is 2.38. The largest absolute Gasteiger partial charge is 0.467 e. The van der Waals surface area contributed by atoms with Crippen LogP contribution in [0, 0.1) is 5.92 Å². The number of hydrogen-bond acceptors (Lipinski definition) is 5. The predicted octanol–water partition coefficient (Wildman–Crippen LogP) is 1.21. The molecule has 5 heteroatoms. The molecule has 2 aliphatic heterocycles. The van der Waals surface area contributed by atoms with Crippen molar-refractivity contribution in [3.05, 3.63) is 0 Å². The van der Waals surface area contributed by atoms with Gasteiger partial charge in [0, 0.05) is 12.5 Å². The molecule has 2 atom stereocenters. The molecule has 98 valence electrons. The number of aliphatic hydroxyl groups excluding tert-OH is 1. The van der Waals surface area contributed by atoms with Crippen LogP contribution in [0.2, 0.25) is 0 Å². The van der Waals surface area contributed by atoms with Crippen LogP contribution in [-0.2, 0) is 14.3 Å². The molecule has 0 radical (unpaired) electrons. The van der Waals surface area contributed by atoms with Crippen LogP contribution in [0.25, 0.3) is 0 Å². The van der Waals surface area contributed by atoms with E-state index in [9.17, 15) is 9.90 Å². The van der Waals surface area contributed by atoms with Gasteiger partial charge in [-0.25, -0.2) is 4.79 Å². The first-order valence-electron chi connectivity index (χ1n) is 6.14. The van der Waals surface area contributed by atoms with Crippen LogP contribution < -0.4 is 0 Å². The van der Waals surface area contributed by atoms with Crippen molar-refractivity contribution in [1.29, 1.82) is 0 Å². The van der Waals surface area contributed by atoms with E-state index in [1.165, 1.54) is 7.11 Å². The van der Waals surface area contributed by atoms with Gasteiger partial charge in [-0.05, 0) is 37.2 Å². The van der Waals surface area contributed by atoms with Gasteiger partial charge in [-0.1, -0.05) is 0 Å². The molecular formula is C12H20O4S. The number of rotatable bonds is 2. The maximum absolute atomic E-state index is 11.4. The first-order valence-corrected chi connectivity index (χ1v) is 7.30. The van der Waals surface area contributed by atoms with Crippen molar-refractivity contribution in [3.63, 3.8) is 0 Å². The fraction of sp³-hybridized carbons (Fsp3) is 0.917. The molecule has 0 aromatic rings. The highest BCUT2D eigenvalue weighted by molar-refractivity contribution is 7.99. The number of aliphatic hydroxyl groups is 1. The minimum absolute atomic E-state index is 0.0145. The summed E-state index contributed by atoms with van der Waals surface area (Å²) in [5.74, 6) is 1.69. The lowest BCUT2D eigenvalue weighted by atomic mass is 9.79. The summed E-state index contributed by atoms with van der Waals surface area (Å²) in [6.07, 6.45) is 2.59. The molecule has 0 amide bonds. The molecule has 0 aromatic carbocycles. The van der Waals surface area contributed by atoms with Gasteiger partial charge in [0.15, 0.2) is 6.10 Å².